The Labute approximate surface area is 186 Å². The summed E-state index contributed by atoms with van der Waals surface area (Å²) >= 11 is 1.61. The smallest absolute Gasteiger partial charge is 0.247 e. The molecule has 4 heterocycles. The molecule has 31 heavy (non-hydrogen) atoms. The number of rotatable bonds is 5. The van der Waals surface area contributed by atoms with E-state index in [1.807, 2.05) is 38.1 Å². The van der Waals surface area contributed by atoms with Gasteiger partial charge in [-0.25, -0.2) is 15.0 Å². The fourth-order valence-electron chi connectivity index (χ4n) is 3.69. The van der Waals surface area contributed by atoms with Crippen LogP contribution >= 0.6 is 11.3 Å². The predicted molar refractivity (Wildman–Crippen MR) is 122 cm³/mol. The maximum absolute atomic E-state index is 13.0. The van der Waals surface area contributed by atoms with Crippen LogP contribution in [0.5, 0.6) is 0 Å². The molecule has 1 N–H and O–H groups in total. The van der Waals surface area contributed by atoms with Crippen LogP contribution in [0.25, 0.3) is 6.08 Å². The third-order valence-electron chi connectivity index (χ3n) is 5.36. The van der Waals surface area contributed by atoms with Gasteiger partial charge in [-0.1, -0.05) is 0 Å². The minimum absolute atomic E-state index is 0.0284. The second-order valence-electron chi connectivity index (χ2n) is 7.86. The number of thiazole rings is 1. The van der Waals surface area contributed by atoms with Gasteiger partial charge in [0.25, 0.3) is 0 Å². The van der Waals surface area contributed by atoms with Gasteiger partial charge in [0.05, 0.1) is 17.9 Å². The van der Waals surface area contributed by atoms with Crippen molar-refractivity contribution in [2.45, 2.75) is 46.1 Å². The third-order valence-corrected chi connectivity index (χ3v) is 6.35. The number of nitrogens with one attached hydrogen (secondary N) is 1. The SMILES string of the molecule is Cc1cc(Nc2nc(C)c(C)s2)nc([C@H]2CCCCN2C(=O)/C=C/c2cnn(C)c2)n1. The van der Waals surface area contributed by atoms with Crippen molar-refractivity contribution in [3.63, 3.8) is 0 Å². The van der Waals surface area contributed by atoms with E-state index in [1.165, 1.54) is 4.88 Å². The lowest BCUT2D eigenvalue weighted by atomic mass is 10.0. The molecule has 0 radical (unpaired) electrons. The number of hydrogen-bond donors (Lipinski definition) is 1. The van der Waals surface area contributed by atoms with Crippen molar-refractivity contribution in [3.8, 4) is 0 Å². The lowest BCUT2D eigenvalue weighted by molar-refractivity contribution is -0.129. The van der Waals surface area contributed by atoms with Gasteiger partial charge in [0, 0.05) is 48.1 Å². The zero-order valence-electron chi connectivity index (χ0n) is 18.3. The van der Waals surface area contributed by atoms with Gasteiger partial charge in [-0.05, 0) is 46.1 Å². The van der Waals surface area contributed by atoms with Gasteiger partial charge >= 0.3 is 0 Å². The molecule has 162 valence electrons. The molecular weight excluding hydrogens is 410 g/mol. The van der Waals surface area contributed by atoms with Crippen LogP contribution in [0.1, 0.15) is 53.0 Å². The first-order chi connectivity index (χ1) is 14.9. The summed E-state index contributed by atoms with van der Waals surface area (Å²) in [5.74, 6) is 1.36. The Hall–Kier alpha value is -3.07. The van der Waals surface area contributed by atoms with E-state index >= 15 is 0 Å². The molecule has 3 aromatic rings. The van der Waals surface area contributed by atoms with Crippen LogP contribution in [0, 0.1) is 20.8 Å². The number of piperidine rings is 1. The summed E-state index contributed by atoms with van der Waals surface area (Å²) in [6.45, 7) is 6.70. The number of likely N-dealkylation sites (tertiary alicyclic amines) is 1. The van der Waals surface area contributed by atoms with Crippen molar-refractivity contribution >= 4 is 34.3 Å². The van der Waals surface area contributed by atoms with Crippen LogP contribution in [-0.2, 0) is 11.8 Å². The van der Waals surface area contributed by atoms with Crippen molar-refractivity contribution in [1.29, 1.82) is 0 Å². The van der Waals surface area contributed by atoms with Gasteiger partial charge < -0.3 is 10.2 Å². The van der Waals surface area contributed by atoms with E-state index in [9.17, 15) is 4.79 Å². The zero-order chi connectivity index (χ0) is 22.0. The fourth-order valence-corrected chi connectivity index (χ4v) is 4.52. The molecule has 0 unspecified atom stereocenters. The molecule has 0 aliphatic carbocycles. The molecule has 1 amide bonds. The first kappa shape index (κ1) is 21.2. The Morgan fingerprint density at radius 3 is 2.77 bits per heavy atom. The van der Waals surface area contributed by atoms with Crippen LogP contribution < -0.4 is 5.32 Å². The maximum atomic E-state index is 13.0. The lowest BCUT2D eigenvalue weighted by Gasteiger charge is -2.34. The van der Waals surface area contributed by atoms with Crippen LogP contribution in [0.15, 0.2) is 24.5 Å². The van der Waals surface area contributed by atoms with E-state index in [2.05, 4.69) is 27.3 Å². The number of nitrogens with zero attached hydrogens (tertiary/aromatic N) is 6. The maximum Gasteiger partial charge on any atom is 0.247 e. The van der Waals surface area contributed by atoms with Crippen molar-refractivity contribution < 1.29 is 4.79 Å². The molecule has 9 heteroatoms. The molecule has 1 aliphatic rings. The second-order valence-corrected chi connectivity index (χ2v) is 9.07. The molecule has 0 spiro atoms. The average molecular weight is 438 g/mol. The molecule has 1 saturated heterocycles. The summed E-state index contributed by atoms with van der Waals surface area (Å²) in [6, 6.07) is 1.77. The monoisotopic (exact) mass is 437 g/mol. The van der Waals surface area contributed by atoms with Gasteiger partial charge in [0.15, 0.2) is 11.0 Å². The molecule has 1 atom stereocenters. The molecular formula is C22H27N7OS. The second kappa shape index (κ2) is 8.97. The zero-order valence-corrected chi connectivity index (χ0v) is 19.1. The third kappa shape index (κ3) is 4.99. The molecule has 0 bridgehead atoms. The molecule has 8 nitrogen and oxygen atoms in total. The van der Waals surface area contributed by atoms with Crippen molar-refractivity contribution in [2.24, 2.45) is 7.05 Å². The number of hydrogen-bond acceptors (Lipinski definition) is 7. The van der Waals surface area contributed by atoms with E-state index in [0.717, 1.165) is 41.3 Å². The molecule has 0 saturated carbocycles. The number of anilines is 2. The summed E-state index contributed by atoms with van der Waals surface area (Å²) in [5.41, 5.74) is 2.78. The van der Waals surface area contributed by atoms with Gasteiger partial charge in [0.1, 0.15) is 5.82 Å². The highest BCUT2D eigenvalue weighted by atomic mass is 32.1. The molecule has 3 aromatic heterocycles. The normalized spacial score (nSPS) is 16.8. The number of amides is 1. The van der Waals surface area contributed by atoms with Crippen molar-refractivity contribution in [2.75, 3.05) is 11.9 Å². The van der Waals surface area contributed by atoms with E-state index in [-0.39, 0.29) is 11.9 Å². The van der Waals surface area contributed by atoms with Crippen molar-refractivity contribution in [3.05, 3.63) is 52.2 Å². The van der Waals surface area contributed by atoms with E-state index in [0.29, 0.717) is 18.2 Å². The molecule has 1 aliphatic heterocycles. The highest BCUT2D eigenvalue weighted by molar-refractivity contribution is 7.15. The molecule has 1 fully saturated rings. The minimum atomic E-state index is -0.139. The Balaban J connectivity index is 1.56. The van der Waals surface area contributed by atoms with Crippen LogP contribution in [0.3, 0.4) is 0 Å². The van der Waals surface area contributed by atoms with Gasteiger partial charge in [-0.2, -0.15) is 5.10 Å². The number of aryl methyl sites for hydroxylation is 4. The Bertz CT molecular complexity index is 1100. The fraction of sp³-hybridized carbons (Fsp3) is 0.409. The molecule has 0 aromatic carbocycles. The predicted octanol–water partition coefficient (Wildman–Crippen LogP) is 4.10. The molecule has 4 rings (SSSR count). The average Bonchev–Trinajstić information content (AvgIpc) is 3.30. The Morgan fingerprint density at radius 2 is 2.06 bits per heavy atom. The van der Waals surface area contributed by atoms with E-state index in [1.54, 1.807) is 34.4 Å². The summed E-state index contributed by atoms with van der Waals surface area (Å²) < 4.78 is 1.72. The topological polar surface area (TPSA) is 88.8 Å². The Morgan fingerprint density at radius 1 is 1.23 bits per heavy atom. The standard InChI is InChI=1S/C22H27N7OS/c1-14-11-19(27-22-25-15(2)16(3)31-22)26-21(24-14)18-7-5-6-10-29(18)20(30)9-8-17-12-23-28(4)13-17/h8-9,11-13,18H,5-7,10H2,1-4H3,(H,24,25,26,27)/b9-8+/t18-/m1/s1. The Kier molecular flexibility index (Phi) is 6.13. The number of carbonyl (C=O) groups is 1. The minimum Gasteiger partial charge on any atom is -0.329 e. The van der Waals surface area contributed by atoms with Crippen LogP contribution in [0.4, 0.5) is 10.9 Å². The highest BCUT2D eigenvalue weighted by Gasteiger charge is 2.29. The largest absolute Gasteiger partial charge is 0.329 e. The number of aromatic nitrogens is 5. The summed E-state index contributed by atoms with van der Waals surface area (Å²) in [4.78, 5) is 30.0. The van der Waals surface area contributed by atoms with Gasteiger partial charge in [-0.15, -0.1) is 11.3 Å². The first-order valence-electron chi connectivity index (χ1n) is 10.4. The van der Waals surface area contributed by atoms with E-state index in [4.69, 9.17) is 4.98 Å². The van der Waals surface area contributed by atoms with E-state index < -0.39 is 0 Å². The van der Waals surface area contributed by atoms with Crippen LogP contribution in [0.2, 0.25) is 0 Å². The quantitative estimate of drug-likeness (QED) is 0.605. The summed E-state index contributed by atoms with van der Waals surface area (Å²) in [7, 11) is 1.86. The van der Waals surface area contributed by atoms with Gasteiger partial charge in [0.2, 0.25) is 5.91 Å². The van der Waals surface area contributed by atoms with Gasteiger partial charge in [-0.3, -0.25) is 9.48 Å². The highest BCUT2D eigenvalue weighted by Crippen LogP contribution is 2.31. The van der Waals surface area contributed by atoms with Crippen molar-refractivity contribution in [1.82, 2.24) is 29.6 Å². The summed E-state index contributed by atoms with van der Waals surface area (Å²) in [5, 5.41) is 8.26. The first-order valence-corrected chi connectivity index (χ1v) is 11.2. The number of carbonyl (C=O) groups excluding carboxylic acids is 1. The van der Waals surface area contributed by atoms with Crippen LogP contribution in [-0.4, -0.2) is 42.1 Å². The lowest BCUT2D eigenvalue weighted by Crippen LogP contribution is -2.38. The summed E-state index contributed by atoms with van der Waals surface area (Å²) in [6.07, 6.45) is 9.92.